The second kappa shape index (κ2) is 6.33. The van der Waals surface area contributed by atoms with Crippen LogP contribution in [0.1, 0.15) is 19.4 Å². The summed E-state index contributed by atoms with van der Waals surface area (Å²) in [7, 11) is 1.87. The van der Waals surface area contributed by atoms with E-state index in [1.807, 2.05) is 25.5 Å². The molecule has 2 heterocycles. The minimum absolute atomic E-state index is 0.624. The Labute approximate surface area is 113 Å². The fourth-order valence-electron chi connectivity index (χ4n) is 1.72. The number of rotatable bonds is 6. The maximum absolute atomic E-state index is 5.82. The van der Waals surface area contributed by atoms with E-state index in [-0.39, 0.29) is 0 Å². The molecule has 2 aromatic heterocycles. The van der Waals surface area contributed by atoms with Crippen molar-refractivity contribution in [2.75, 3.05) is 6.54 Å². The van der Waals surface area contributed by atoms with Gasteiger partial charge in [0.05, 0.1) is 12.4 Å². The van der Waals surface area contributed by atoms with Gasteiger partial charge in [-0.1, -0.05) is 13.8 Å². The standard InChI is InChI=1S/C14H20N4O/c1-11(2)6-16-8-12-7-15-5-4-14(12)19-13-9-17-18(3)10-13/h4-5,7,9-11,16H,6,8H2,1-3H3. The van der Waals surface area contributed by atoms with Crippen LogP contribution in [0.25, 0.3) is 0 Å². The van der Waals surface area contributed by atoms with Crippen molar-refractivity contribution in [2.24, 2.45) is 13.0 Å². The zero-order valence-electron chi connectivity index (χ0n) is 11.6. The highest BCUT2D eigenvalue weighted by Gasteiger charge is 2.06. The first-order valence-corrected chi connectivity index (χ1v) is 6.45. The molecule has 0 saturated carbocycles. The molecule has 0 aromatic carbocycles. The van der Waals surface area contributed by atoms with Gasteiger partial charge in [-0.15, -0.1) is 0 Å². The predicted octanol–water partition coefficient (Wildman–Crippen LogP) is 2.35. The summed E-state index contributed by atoms with van der Waals surface area (Å²) in [6.07, 6.45) is 7.11. The first-order valence-electron chi connectivity index (χ1n) is 6.45. The molecule has 0 fully saturated rings. The number of hydrogen-bond acceptors (Lipinski definition) is 4. The van der Waals surface area contributed by atoms with Gasteiger partial charge in [-0.2, -0.15) is 5.10 Å². The van der Waals surface area contributed by atoms with Crippen LogP contribution >= 0.6 is 0 Å². The topological polar surface area (TPSA) is 52.0 Å². The van der Waals surface area contributed by atoms with Crippen molar-refractivity contribution >= 4 is 0 Å². The normalized spacial score (nSPS) is 10.9. The number of nitrogens with one attached hydrogen (secondary N) is 1. The molecule has 2 aromatic rings. The van der Waals surface area contributed by atoms with E-state index < -0.39 is 0 Å². The van der Waals surface area contributed by atoms with Gasteiger partial charge in [-0.05, 0) is 18.5 Å². The highest BCUT2D eigenvalue weighted by Crippen LogP contribution is 2.23. The minimum Gasteiger partial charge on any atom is -0.454 e. The van der Waals surface area contributed by atoms with Crippen LogP contribution in [0.4, 0.5) is 0 Å². The van der Waals surface area contributed by atoms with Gasteiger partial charge in [-0.3, -0.25) is 9.67 Å². The van der Waals surface area contributed by atoms with Gasteiger partial charge in [0.2, 0.25) is 0 Å². The summed E-state index contributed by atoms with van der Waals surface area (Å²) in [5, 5.41) is 7.48. The van der Waals surface area contributed by atoms with Crippen molar-refractivity contribution in [3.05, 3.63) is 36.4 Å². The van der Waals surface area contributed by atoms with Crippen molar-refractivity contribution in [3.63, 3.8) is 0 Å². The molecular weight excluding hydrogens is 240 g/mol. The average molecular weight is 260 g/mol. The lowest BCUT2D eigenvalue weighted by Crippen LogP contribution is -2.19. The van der Waals surface area contributed by atoms with E-state index in [1.165, 1.54) is 0 Å². The molecule has 0 bridgehead atoms. The summed E-state index contributed by atoms with van der Waals surface area (Å²) < 4.78 is 7.54. The maximum atomic E-state index is 5.82. The summed E-state index contributed by atoms with van der Waals surface area (Å²) in [5.41, 5.74) is 1.05. The number of hydrogen-bond donors (Lipinski definition) is 1. The Kier molecular flexibility index (Phi) is 4.52. The van der Waals surface area contributed by atoms with Crippen molar-refractivity contribution in [1.82, 2.24) is 20.1 Å². The van der Waals surface area contributed by atoms with E-state index in [0.717, 1.165) is 30.2 Å². The zero-order chi connectivity index (χ0) is 13.7. The molecule has 0 saturated heterocycles. The zero-order valence-corrected chi connectivity index (χ0v) is 11.6. The van der Waals surface area contributed by atoms with Gasteiger partial charge in [0, 0.05) is 31.5 Å². The molecule has 0 radical (unpaired) electrons. The second-order valence-electron chi connectivity index (χ2n) is 4.96. The van der Waals surface area contributed by atoms with E-state index in [1.54, 1.807) is 17.1 Å². The molecule has 1 N–H and O–H groups in total. The van der Waals surface area contributed by atoms with Gasteiger partial charge in [0.15, 0.2) is 5.75 Å². The molecule has 0 aliphatic carbocycles. The SMILES string of the molecule is CC(C)CNCc1cnccc1Oc1cnn(C)c1. The highest BCUT2D eigenvalue weighted by atomic mass is 16.5. The second-order valence-corrected chi connectivity index (χ2v) is 4.96. The molecule has 5 heteroatoms. The maximum Gasteiger partial charge on any atom is 0.165 e. The van der Waals surface area contributed by atoms with Gasteiger partial charge in [0.25, 0.3) is 0 Å². The van der Waals surface area contributed by atoms with Crippen LogP contribution in [0, 0.1) is 5.92 Å². The van der Waals surface area contributed by atoms with E-state index >= 15 is 0 Å². The lowest BCUT2D eigenvalue weighted by Gasteiger charge is -2.11. The van der Waals surface area contributed by atoms with E-state index in [4.69, 9.17) is 4.74 Å². The van der Waals surface area contributed by atoms with Gasteiger partial charge in [0.1, 0.15) is 5.75 Å². The number of nitrogens with zero attached hydrogens (tertiary/aromatic N) is 3. The summed E-state index contributed by atoms with van der Waals surface area (Å²) in [5.74, 6) is 2.18. The molecule has 0 amide bonds. The molecular formula is C14H20N4O. The van der Waals surface area contributed by atoms with Gasteiger partial charge >= 0.3 is 0 Å². The van der Waals surface area contributed by atoms with Crippen LogP contribution in [-0.2, 0) is 13.6 Å². The molecule has 2 rings (SSSR count). The third kappa shape index (κ3) is 4.06. The Balaban J connectivity index is 2.03. The number of aryl methyl sites for hydroxylation is 1. The number of aromatic nitrogens is 3. The summed E-state index contributed by atoms with van der Waals surface area (Å²) in [6, 6.07) is 1.87. The Morgan fingerprint density at radius 3 is 2.89 bits per heavy atom. The van der Waals surface area contributed by atoms with E-state index in [9.17, 15) is 0 Å². The van der Waals surface area contributed by atoms with Crippen LogP contribution in [0.5, 0.6) is 11.5 Å². The van der Waals surface area contributed by atoms with Crippen LogP contribution in [-0.4, -0.2) is 21.3 Å². The van der Waals surface area contributed by atoms with Crippen molar-refractivity contribution < 1.29 is 4.74 Å². The fourth-order valence-corrected chi connectivity index (χ4v) is 1.72. The lowest BCUT2D eigenvalue weighted by atomic mass is 10.2. The Morgan fingerprint density at radius 2 is 2.21 bits per heavy atom. The monoisotopic (exact) mass is 260 g/mol. The third-order valence-electron chi connectivity index (χ3n) is 2.64. The molecule has 0 aliphatic rings. The Bertz CT molecular complexity index is 522. The smallest absolute Gasteiger partial charge is 0.165 e. The highest BCUT2D eigenvalue weighted by molar-refractivity contribution is 5.34. The van der Waals surface area contributed by atoms with Crippen LogP contribution in [0.3, 0.4) is 0 Å². The van der Waals surface area contributed by atoms with Gasteiger partial charge in [-0.25, -0.2) is 0 Å². The van der Waals surface area contributed by atoms with Crippen LogP contribution < -0.4 is 10.1 Å². The lowest BCUT2D eigenvalue weighted by molar-refractivity contribution is 0.467. The first kappa shape index (κ1) is 13.5. The Hall–Kier alpha value is -1.88. The number of pyridine rings is 1. The number of ether oxygens (including phenoxy) is 1. The quantitative estimate of drug-likeness (QED) is 0.866. The molecule has 19 heavy (non-hydrogen) atoms. The summed E-state index contributed by atoms with van der Waals surface area (Å²) >= 11 is 0. The summed E-state index contributed by atoms with van der Waals surface area (Å²) in [6.45, 7) is 6.09. The molecule has 0 atom stereocenters. The largest absolute Gasteiger partial charge is 0.454 e. The third-order valence-corrected chi connectivity index (χ3v) is 2.64. The molecule has 0 aliphatic heterocycles. The van der Waals surface area contributed by atoms with E-state index in [2.05, 4.69) is 29.2 Å². The van der Waals surface area contributed by atoms with Crippen molar-refractivity contribution in [2.45, 2.75) is 20.4 Å². The van der Waals surface area contributed by atoms with Crippen molar-refractivity contribution in [1.29, 1.82) is 0 Å². The minimum atomic E-state index is 0.624. The van der Waals surface area contributed by atoms with Crippen LogP contribution in [0.15, 0.2) is 30.9 Å². The van der Waals surface area contributed by atoms with Crippen LogP contribution in [0.2, 0.25) is 0 Å². The predicted molar refractivity (Wildman–Crippen MR) is 74.1 cm³/mol. The first-order chi connectivity index (χ1) is 9.15. The molecule has 5 nitrogen and oxygen atoms in total. The van der Waals surface area contributed by atoms with Crippen molar-refractivity contribution in [3.8, 4) is 11.5 Å². The molecule has 0 unspecified atom stereocenters. The fraction of sp³-hybridized carbons (Fsp3) is 0.429. The van der Waals surface area contributed by atoms with E-state index in [0.29, 0.717) is 5.92 Å². The van der Waals surface area contributed by atoms with Gasteiger partial charge < -0.3 is 10.1 Å². The Morgan fingerprint density at radius 1 is 1.37 bits per heavy atom. The molecule has 102 valence electrons. The summed E-state index contributed by atoms with van der Waals surface area (Å²) in [4.78, 5) is 4.15. The molecule has 0 spiro atoms. The average Bonchev–Trinajstić information content (AvgIpc) is 2.77.